The summed E-state index contributed by atoms with van der Waals surface area (Å²) in [6.45, 7) is 5.76. The van der Waals surface area contributed by atoms with Crippen LogP contribution in [-0.4, -0.2) is 5.78 Å². The van der Waals surface area contributed by atoms with Crippen LogP contribution in [0.4, 0.5) is 4.39 Å². The topological polar surface area (TPSA) is 17.1 Å². The van der Waals surface area contributed by atoms with Crippen LogP contribution in [-0.2, 0) is 11.2 Å². The highest BCUT2D eigenvalue weighted by Crippen LogP contribution is 2.17. The van der Waals surface area contributed by atoms with E-state index in [2.05, 4.69) is 0 Å². The van der Waals surface area contributed by atoms with Gasteiger partial charge in [-0.1, -0.05) is 13.0 Å². The minimum atomic E-state index is -0.179. The molecule has 0 unspecified atom stereocenters. The molecule has 0 aliphatic rings. The molecule has 0 aromatic heterocycles. The van der Waals surface area contributed by atoms with E-state index in [0.29, 0.717) is 24.8 Å². The highest BCUT2D eigenvalue weighted by molar-refractivity contribution is 5.78. The van der Waals surface area contributed by atoms with Gasteiger partial charge in [-0.3, -0.25) is 4.79 Å². The molecule has 1 rings (SSSR count). The van der Waals surface area contributed by atoms with Gasteiger partial charge >= 0.3 is 0 Å². The highest BCUT2D eigenvalue weighted by atomic mass is 19.1. The van der Waals surface area contributed by atoms with Crippen molar-refractivity contribution in [1.82, 2.24) is 0 Å². The maximum Gasteiger partial charge on any atom is 0.133 e. The van der Waals surface area contributed by atoms with Crippen LogP contribution >= 0.6 is 0 Å². The average Bonchev–Trinajstić information content (AvgIpc) is 2.16. The zero-order valence-corrected chi connectivity index (χ0v) is 10.3. The van der Waals surface area contributed by atoms with E-state index in [0.717, 1.165) is 17.5 Å². The van der Waals surface area contributed by atoms with Gasteiger partial charge in [0.15, 0.2) is 0 Å². The number of aryl methyl sites for hydroxylation is 2. The number of carbonyl (C=O) groups is 1. The Morgan fingerprint density at radius 1 is 1.25 bits per heavy atom. The summed E-state index contributed by atoms with van der Waals surface area (Å²) in [4.78, 5) is 11.4. The predicted molar refractivity (Wildman–Crippen MR) is 64.1 cm³/mol. The van der Waals surface area contributed by atoms with Crippen LogP contribution in [0.1, 0.15) is 42.9 Å². The third-order valence-corrected chi connectivity index (χ3v) is 2.75. The summed E-state index contributed by atoms with van der Waals surface area (Å²) in [5.41, 5.74) is 2.57. The van der Waals surface area contributed by atoms with Crippen LogP contribution in [0.3, 0.4) is 0 Å². The Kier molecular flexibility index (Phi) is 4.66. The summed E-state index contributed by atoms with van der Waals surface area (Å²) < 4.78 is 13.6. The largest absolute Gasteiger partial charge is 0.300 e. The Morgan fingerprint density at radius 2 is 1.94 bits per heavy atom. The van der Waals surface area contributed by atoms with Crippen LogP contribution in [0.2, 0.25) is 0 Å². The SMILES string of the molecule is CCCC(=O)CCc1c(C)cc(C)cc1F. The Labute approximate surface area is 96.7 Å². The van der Waals surface area contributed by atoms with Gasteiger partial charge in [-0.15, -0.1) is 0 Å². The fourth-order valence-electron chi connectivity index (χ4n) is 1.93. The van der Waals surface area contributed by atoms with Crippen LogP contribution < -0.4 is 0 Å². The molecule has 0 saturated heterocycles. The molecule has 1 aromatic rings. The number of Topliss-reactive ketones (excluding diaryl/α,β-unsaturated/α-hetero) is 1. The molecule has 2 heteroatoms. The van der Waals surface area contributed by atoms with E-state index >= 15 is 0 Å². The summed E-state index contributed by atoms with van der Waals surface area (Å²) in [5.74, 6) is 0.0451. The first kappa shape index (κ1) is 12.9. The zero-order valence-electron chi connectivity index (χ0n) is 10.3. The van der Waals surface area contributed by atoms with E-state index in [9.17, 15) is 9.18 Å². The number of ketones is 1. The van der Waals surface area contributed by atoms with Crippen molar-refractivity contribution in [2.24, 2.45) is 0 Å². The quantitative estimate of drug-likeness (QED) is 0.741. The Hall–Kier alpha value is -1.18. The molecule has 0 N–H and O–H groups in total. The average molecular weight is 222 g/mol. The third-order valence-electron chi connectivity index (χ3n) is 2.75. The maximum atomic E-state index is 13.6. The molecule has 88 valence electrons. The lowest BCUT2D eigenvalue weighted by molar-refractivity contribution is -0.119. The van der Waals surface area contributed by atoms with Crippen LogP contribution in [0, 0.1) is 19.7 Å². The fourth-order valence-corrected chi connectivity index (χ4v) is 1.93. The van der Waals surface area contributed by atoms with Crippen molar-refractivity contribution in [3.63, 3.8) is 0 Å². The molecule has 0 spiro atoms. The molecule has 0 heterocycles. The molecule has 16 heavy (non-hydrogen) atoms. The second kappa shape index (κ2) is 5.78. The minimum absolute atomic E-state index is 0.179. The summed E-state index contributed by atoms with van der Waals surface area (Å²) in [5, 5.41) is 0. The molecule has 0 aliphatic heterocycles. The molecule has 0 bridgehead atoms. The second-order valence-electron chi connectivity index (χ2n) is 4.33. The fraction of sp³-hybridized carbons (Fsp3) is 0.500. The molecule has 0 fully saturated rings. The third kappa shape index (κ3) is 3.44. The standard InChI is InChI=1S/C14H19FO/c1-4-5-12(16)6-7-13-11(3)8-10(2)9-14(13)15/h8-9H,4-7H2,1-3H3. The number of hydrogen-bond donors (Lipinski definition) is 0. The van der Waals surface area contributed by atoms with E-state index in [1.165, 1.54) is 6.07 Å². The van der Waals surface area contributed by atoms with Gasteiger partial charge in [0.2, 0.25) is 0 Å². The van der Waals surface area contributed by atoms with Crippen molar-refractivity contribution in [2.45, 2.75) is 46.5 Å². The van der Waals surface area contributed by atoms with Gasteiger partial charge in [-0.05, 0) is 49.4 Å². The van der Waals surface area contributed by atoms with E-state index in [-0.39, 0.29) is 11.6 Å². The van der Waals surface area contributed by atoms with Crippen molar-refractivity contribution in [2.75, 3.05) is 0 Å². The van der Waals surface area contributed by atoms with Crippen molar-refractivity contribution in [3.8, 4) is 0 Å². The number of benzene rings is 1. The van der Waals surface area contributed by atoms with Gasteiger partial charge < -0.3 is 0 Å². The van der Waals surface area contributed by atoms with Crippen molar-refractivity contribution in [1.29, 1.82) is 0 Å². The molecule has 0 aliphatic carbocycles. The Balaban J connectivity index is 2.70. The Bertz CT molecular complexity index is 359. The Morgan fingerprint density at radius 3 is 2.50 bits per heavy atom. The first-order valence-corrected chi connectivity index (χ1v) is 5.82. The zero-order chi connectivity index (χ0) is 12.1. The van der Waals surface area contributed by atoms with Crippen molar-refractivity contribution < 1.29 is 9.18 Å². The molecule has 1 aromatic carbocycles. The van der Waals surface area contributed by atoms with Crippen LogP contribution in [0.15, 0.2) is 12.1 Å². The first-order valence-electron chi connectivity index (χ1n) is 5.82. The van der Waals surface area contributed by atoms with E-state index in [1.807, 2.05) is 26.8 Å². The number of hydrogen-bond acceptors (Lipinski definition) is 1. The maximum absolute atomic E-state index is 13.6. The van der Waals surface area contributed by atoms with Gasteiger partial charge in [0.1, 0.15) is 11.6 Å². The van der Waals surface area contributed by atoms with Crippen molar-refractivity contribution in [3.05, 3.63) is 34.6 Å². The monoisotopic (exact) mass is 222 g/mol. The highest BCUT2D eigenvalue weighted by Gasteiger charge is 2.09. The number of rotatable bonds is 5. The molecule has 1 nitrogen and oxygen atoms in total. The smallest absolute Gasteiger partial charge is 0.133 e. The summed E-state index contributed by atoms with van der Waals surface area (Å²) >= 11 is 0. The first-order chi connectivity index (χ1) is 7.54. The molecular weight excluding hydrogens is 203 g/mol. The van der Waals surface area contributed by atoms with Gasteiger partial charge in [-0.2, -0.15) is 0 Å². The van der Waals surface area contributed by atoms with Gasteiger partial charge in [0.25, 0.3) is 0 Å². The summed E-state index contributed by atoms with van der Waals surface area (Å²) in [6, 6.07) is 3.50. The van der Waals surface area contributed by atoms with Gasteiger partial charge in [0.05, 0.1) is 0 Å². The molecule has 0 radical (unpaired) electrons. The van der Waals surface area contributed by atoms with E-state index in [1.54, 1.807) is 0 Å². The van der Waals surface area contributed by atoms with Gasteiger partial charge in [-0.25, -0.2) is 4.39 Å². The molecule has 0 atom stereocenters. The summed E-state index contributed by atoms with van der Waals surface area (Å²) in [6.07, 6.45) is 2.45. The van der Waals surface area contributed by atoms with E-state index < -0.39 is 0 Å². The molecule has 0 amide bonds. The predicted octanol–water partition coefficient (Wildman–Crippen LogP) is 3.74. The van der Waals surface area contributed by atoms with Gasteiger partial charge in [0, 0.05) is 12.8 Å². The normalized spacial score (nSPS) is 10.5. The lowest BCUT2D eigenvalue weighted by atomic mass is 9.99. The van der Waals surface area contributed by atoms with E-state index in [4.69, 9.17) is 0 Å². The second-order valence-corrected chi connectivity index (χ2v) is 4.33. The van der Waals surface area contributed by atoms with Crippen molar-refractivity contribution >= 4 is 5.78 Å². The lowest BCUT2D eigenvalue weighted by Gasteiger charge is -2.08. The molecule has 0 saturated carbocycles. The lowest BCUT2D eigenvalue weighted by Crippen LogP contribution is -2.03. The number of halogens is 1. The van der Waals surface area contributed by atoms with Crippen LogP contribution in [0.5, 0.6) is 0 Å². The van der Waals surface area contributed by atoms with Crippen LogP contribution in [0.25, 0.3) is 0 Å². The number of carbonyl (C=O) groups excluding carboxylic acids is 1. The molecular formula is C14H19FO. The summed E-state index contributed by atoms with van der Waals surface area (Å²) in [7, 11) is 0. The minimum Gasteiger partial charge on any atom is -0.300 e.